The number of alkyl halides is 2. The van der Waals surface area contributed by atoms with E-state index in [1.807, 2.05) is 0 Å². The van der Waals surface area contributed by atoms with Crippen molar-refractivity contribution < 1.29 is 27.8 Å². The molecule has 0 unspecified atom stereocenters. The highest BCUT2D eigenvalue weighted by molar-refractivity contribution is 5.94. The molecule has 0 saturated carbocycles. The molecule has 0 radical (unpaired) electrons. The molecule has 27 heavy (non-hydrogen) atoms. The molecule has 0 aliphatic carbocycles. The van der Waals surface area contributed by atoms with Gasteiger partial charge < -0.3 is 24.6 Å². The highest BCUT2D eigenvalue weighted by Crippen LogP contribution is 2.25. The van der Waals surface area contributed by atoms with Crippen molar-refractivity contribution >= 4 is 17.6 Å². The lowest BCUT2D eigenvalue weighted by molar-refractivity contribution is -0.139. The van der Waals surface area contributed by atoms with Crippen LogP contribution in [-0.2, 0) is 9.53 Å². The SMILES string of the molecule is Cc1cc(OC(F)F)ccc1NC(=O)N1CCC[C@H]1C(=O)N1CCOCC1. The molecule has 0 spiro atoms. The minimum Gasteiger partial charge on any atom is -0.435 e. The molecule has 2 heterocycles. The highest BCUT2D eigenvalue weighted by Gasteiger charge is 2.37. The highest BCUT2D eigenvalue weighted by atomic mass is 19.3. The number of carbonyl (C=O) groups is 2. The fourth-order valence-electron chi connectivity index (χ4n) is 3.40. The molecular weight excluding hydrogens is 360 g/mol. The Bertz CT molecular complexity index is 695. The second-order valence-electron chi connectivity index (χ2n) is 6.57. The van der Waals surface area contributed by atoms with Crippen LogP contribution in [-0.4, -0.2) is 67.2 Å². The molecule has 1 N–H and O–H groups in total. The second-order valence-corrected chi connectivity index (χ2v) is 6.57. The average Bonchev–Trinajstić information content (AvgIpc) is 3.13. The van der Waals surface area contributed by atoms with Crippen molar-refractivity contribution in [1.82, 2.24) is 9.80 Å². The van der Waals surface area contributed by atoms with Crippen LogP contribution in [0, 0.1) is 6.92 Å². The average molecular weight is 383 g/mol. The summed E-state index contributed by atoms with van der Waals surface area (Å²) in [5, 5.41) is 2.77. The summed E-state index contributed by atoms with van der Waals surface area (Å²) in [6.45, 7) is 1.38. The van der Waals surface area contributed by atoms with E-state index in [1.165, 1.54) is 18.2 Å². The Hall–Kier alpha value is -2.42. The number of morpholine rings is 1. The molecule has 3 rings (SSSR count). The number of urea groups is 1. The van der Waals surface area contributed by atoms with Gasteiger partial charge in [0.15, 0.2) is 0 Å². The number of hydrogen-bond donors (Lipinski definition) is 1. The Labute approximate surface area is 156 Å². The number of hydrogen-bond acceptors (Lipinski definition) is 4. The van der Waals surface area contributed by atoms with Crippen LogP contribution in [0.5, 0.6) is 5.75 Å². The van der Waals surface area contributed by atoms with Crippen LogP contribution in [0.25, 0.3) is 0 Å². The lowest BCUT2D eigenvalue weighted by Gasteiger charge is -2.32. The van der Waals surface area contributed by atoms with Gasteiger partial charge in [0.25, 0.3) is 0 Å². The summed E-state index contributed by atoms with van der Waals surface area (Å²) in [7, 11) is 0. The van der Waals surface area contributed by atoms with E-state index in [9.17, 15) is 18.4 Å². The third kappa shape index (κ3) is 4.65. The fourth-order valence-corrected chi connectivity index (χ4v) is 3.40. The quantitative estimate of drug-likeness (QED) is 0.867. The van der Waals surface area contributed by atoms with Gasteiger partial charge in [-0.2, -0.15) is 8.78 Å². The molecule has 0 bridgehead atoms. The molecule has 2 fully saturated rings. The number of halogens is 2. The van der Waals surface area contributed by atoms with E-state index >= 15 is 0 Å². The van der Waals surface area contributed by atoms with Gasteiger partial charge in [-0.25, -0.2) is 4.79 Å². The number of carbonyl (C=O) groups excluding carboxylic acids is 2. The number of nitrogens with zero attached hydrogens (tertiary/aromatic N) is 2. The van der Waals surface area contributed by atoms with E-state index in [1.54, 1.807) is 16.7 Å². The van der Waals surface area contributed by atoms with E-state index in [0.29, 0.717) is 50.5 Å². The van der Waals surface area contributed by atoms with Gasteiger partial charge >= 0.3 is 12.6 Å². The minimum atomic E-state index is -2.90. The van der Waals surface area contributed by atoms with Crippen LogP contribution >= 0.6 is 0 Å². The van der Waals surface area contributed by atoms with Gasteiger partial charge in [-0.3, -0.25) is 4.79 Å². The number of rotatable bonds is 4. The summed E-state index contributed by atoms with van der Waals surface area (Å²) in [5.41, 5.74) is 1.09. The van der Waals surface area contributed by atoms with Crippen LogP contribution in [0.1, 0.15) is 18.4 Å². The van der Waals surface area contributed by atoms with Gasteiger partial charge in [-0.1, -0.05) is 0 Å². The zero-order chi connectivity index (χ0) is 19.4. The van der Waals surface area contributed by atoms with Crippen molar-refractivity contribution in [2.24, 2.45) is 0 Å². The number of likely N-dealkylation sites (tertiary alicyclic amines) is 1. The second kappa shape index (κ2) is 8.51. The predicted molar refractivity (Wildman–Crippen MR) is 94.0 cm³/mol. The largest absolute Gasteiger partial charge is 0.435 e. The Morgan fingerprint density at radius 3 is 2.67 bits per heavy atom. The molecule has 3 amide bonds. The number of ether oxygens (including phenoxy) is 2. The van der Waals surface area contributed by atoms with E-state index in [0.717, 1.165) is 6.42 Å². The number of aryl methyl sites for hydroxylation is 1. The topological polar surface area (TPSA) is 71.1 Å². The molecule has 2 saturated heterocycles. The Morgan fingerprint density at radius 1 is 1.26 bits per heavy atom. The Balaban J connectivity index is 1.65. The lowest BCUT2D eigenvalue weighted by atomic mass is 10.1. The summed E-state index contributed by atoms with van der Waals surface area (Å²) in [6.07, 6.45) is 1.39. The molecule has 1 atom stereocenters. The first-order chi connectivity index (χ1) is 13.0. The minimum absolute atomic E-state index is 0.0297. The number of nitrogens with one attached hydrogen (secondary N) is 1. The predicted octanol–water partition coefficient (Wildman–Crippen LogP) is 2.45. The van der Waals surface area contributed by atoms with Crippen LogP contribution < -0.4 is 10.1 Å². The first kappa shape index (κ1) is 19.3. The van der Waals surface area contributed by atoms with Crippen LogP contribution in [0.3, 0.4) is 0 Å². The number of anilines is 1. The van der Waals surface area contributed by atoms with Crippen molar-refractivity contribution in [3.63, 3.8) is 0 Å². The zero-order valence-electron chi connectivity index (χ0n) is 15.1. The summed E-state index contributed by atoms with van der Waals surface area (Å²) in [6, 6.07) is 3.46. The van der Waals surface area contributed by atoms with Gasteiger partial charge in [0, 0.05) is 25.3 Å². The van der Waals surface area contributed by atoms with Crippen molar-refractivity contribution in [3.8, 4) is 5.75 Å². The molecule has 1 aromatic rings. The zero-order valence-corrected chi connectivity index (χ0v) is 15.1. The van der Waals surface area contributed by atoms with Crippen molar-refractivity contribution in [3.05, 3.63) is 23.8 Å². The molecule has 7 nitrogen and oxygen atoms in total. The molecule has 1 aromatic carbocycles. The summed E-state index contributed by atoms with van der Waals surface area (Å²) >= 11 is 0. The van der Waals surface area contributed by atoms with Crippen molar-refractivity contribution in [2.45, 2.75) is 32.4 Å². The Kier molecular flexibility index (Phi) is 6.10. The third-order valence-electron chi connectivity index (χ3n) is 4.79. The van der Waals surface area contributed by atoms with Crippen LogP contribution in [0.2, 0.25) is 0 Å². The molecule has 148 valence electrons. The lowest BCUT2D eigenvalue weighted by Crippen LogP contribution is -2.51. The van der Waals surface area contributed by atoms with Crippen molar-refractivity contribution in [2.75, 3.05) is 38.2 Å². The molecule has 2 aliphatic heterocycles. The summed E-state index contributed by atoms with van der Waals surface area (Å²) in [4.78, 5) is 28.7. The maximum Gasteiger partial charge on any atom is 0.387 e. The maximum atomic E-state index is 12.7. The third-order valence-corrected chi connectivity index (χ3v) is 4.79. The fraction of sp³-hybridized carbons (Fsp3) is 0.556. The first-order valence-electron chi connectivity index (χ1n) is 8.95. The normalized spacial score (nSPS) is 20.1. The molecular formula is C18H23F2N3O4. The summed E-state index contributed by atoms with van der Waals surface area (Å²) < 4.78 is 34.2. The molecule has 0 aromatic heterocycles. The van der Waals surface area contributed by atoms with E-state index in [-0.39, 0.29) is 17.7 Å². The van der Waals surface area contributed by atoms with Gasteiger partial charge in [-0.05, 0) is 43.5 Å². The monoisotopic (exact) mass is 383 g/mol. The van der Waals surface area contributed by atoms with Crippen molar-refractivity contribution in [1.29, 1.82) is 0 Å². The summed E-state index contributed by atoms with van der Waals surface area (Å²) in [5.74, 6) is -0.0228. The molecule has 9 heteroatoms. The van der Waals surface area contributed by atoms with Gasteiger partial charge in [0.2, 0.25) is 5.91 Å². The van der Waals surface area contributed by atoms with Gasteiger partial charge in [0.05, 0.1) is 13.2 Å². The molecule has 2 aliphatic rings. The maximum absolute atomic E-state index is 12.7. The standard InChI is InChI=1S/C18H23F2N3O4/c1-12-11-13(27-17(19)20)4-5-14(12)21-18(25)23-6-2-3-15(23)16(24)22-7-9-26-10-8-22/h4-5,11,15,17H,2-3,6-10H2,1H3,(H,21,25)/t15-/m0/s1. The number of amides is 3. The van der Waals surface area contributed by atoms with E-state index in [2.05, 4.69) is 10.1 Å². The van der Waals surface area contributed by atoms with Crippen LogP contribution in [0.15, 0.2) is 18.2 Å². The van der Waals surface area contributed by atoms with Gasteiger partial charge in [0.1, 0.15) is 11.8 Å². The van der Waals surface area contributed by atoms with Crippen LogP contribution in [0.4, 0.5) is 19.3 Å². The van der Waals surface area contributed by atoms with Gasteiger partial charge in [-0.15, -0.1) is 0 Å². The smallest absolute Gasteiger partial charge is 0.387 e. The first-order valence-corrected chi connectivity index (χ1v) is 8.95. The Morgan fingerprint density at radius 2 is 2.00 bits per heavy atom. The van der Waals surface area contributed by atoms with E-state index in [4.69, 9.17) is 4.74 Å². The van der Waals surface area contributed by atoms with E-state index < -0.39 is 12.7 Å². The number of benzene rings is 1.